The van der Waals surface area contributed by atoms with Crippen molar-refractivity contribution in [1.82, 2.24) is 10.6 Å². The van der Waals surface area contributed by atoms with Crippen molar-refractivity contribution in [2.45, 2.75) is 26.7 Å². The molecule has 0 spiro atoms. The largest absolute Gasteiger partial charge is 0.355 e. The number of nitrogens with one attached hydrogen (secondary N) is 2. The van der Waals surface area contributed by atoms with Gasteiger partial charge in [-0.05, 0) is 31.1 Å². The quantitative estimate of drug-likeness (QED) is 0.808. The lowest BCUT2D eigenvalue weighted by atomic mass is 9.82. The zero-order valence-electron chi connectivity index (χ0n) is 11.0. The minimum absolute atomic E-state index is 0. The first-order chi connectivity index (χ1) is 7.57. The summed E-state index contributed by atoms with van der Waals surface area (Å²) in [4.78, 5) is 11.8. The fourth-order valence-electron chi connectivity index (χ4n) is 2.07. The lowest BCUT2D eigenvalue weighted by molar-refractivity contribution is -0.124. The summed E-state index contributed by atoms with van der Waals surface area (Å²) in [6.07, 6.45) is 4.46. The molecule has 1 aliphatic heterocycles. The molecule has 1 saturated heterocycles. The van der Waals surface area contributed by atoms with Crippen molar-refractivity contribution < 1.29 is 4.79 Å². The minimum atomic E-state index is 0. The number of hydrogen-bond acceptors (Lipinski definition) is 3. The van der Waals surface area contributed by atoms with Crippen molar-refractivity contribution in [2.24, 2.45) is 11.3 Å². The molecule has 5 heteroatoms. The maximum atomic E-state index is 11.8. The number of thioether (sulfide) groups is 1. The maximum Gasteiger partial charge on any atom is 0.223 e. The molecule has 1 rings (SSSR count). The molecule has 1 heterocycles. The van der Waals surface area contributed by atoms with E-state index in [9.17, 15) is 4.79 Å². The van der Waals surface area contributed by atoms with E-state index in [4.69, 9.17) is 0 Å². The highest BCUT2D eigenvalue weighted by molar-refractivity contribution is 7.98. The molecule has 0 aliphatic carbocycles. The molecule has 1 amide bonds. The standard InChI is InChI=1S/C12H24N2OS.ClH/c1-10(7-16-3)11(15)14-9-12(2)5-4-6-13-8-12;/h10,13H,4-9H2,1-3H3,(H,14,15);1H. The van der Waals surface area contributed by atoms with Crippen LogP contribution in [0.3, 0.4) is 0 Å². The van der Waals surface area contributed by atoms with E-state index in [0.29, 0.717) is 0 Å². The number of hydrogen-bond donors (Lipinski definition) is 2. The number of rotatable bonds is 5. The van der Waals surface area contributed by atoms with E-state index in [2.05, 4.69) is 17.6 Å². The van der Waals surface area contributed by atoms with Gasteiger partial charge in [0.05, 0.1) is 0 Å². The molecule has 0 bridgehead atoms. The molecule has 3 nitrogen and oxygen atoms in total. The summed E-state index contributed by atoms with van der Waals surface area (Å²) in [6, 6.07) is 0. The Kier molecular flexibility index (Phi) is 8.25. The lowest BCUT2D eigenvalue weighted by Crippen LogP contribution is -2.46. The summed E-state index contributed by atoms with van der Waals surface area (Å²) >= 11 is 1.73. The van der Waals surface area contributed by atoms with Crippen molar-refractivity contribution in [3.63, 3.8) is 0 Å². The second kappa shape index (κ2) is 8.22. The molecule has 2 atom stereocenters. The van der Waals surface area contributed by atoms with Crippen molar-refractivity contribution >= 4 is 30.1 Å². The maximum absolute atomic E-state index is 11.8. The molecular weight excluding hydrogens is 256 g/mol. The Morgan fingerprint density at radius 2 is 2.29 bits per heavy atom. The van der Waals surface area contributed by atoms with Gasteiger partial charge in [-0.15, -0.1) is 12.4 Å². The highest BCUT2D eigenvalue weighted by atomic mass is 35.5. The number of carbonyl (C=O) groups is 1. The second-order valence-electron chi connectivity index (χ2n) is 5.17. The van der Waals surface area contributed by atoms with Crippen molar-refractivity contribution in [1.29, 1.82) is 0 Å². The molecular formula is C12H25ClN2OS. The van der Waals surface area contributed by atoms with E-state index in [1.807, 2.05) is 13.2 Å². The van der Waals surface area contributed by atoms with Crippen LogP contribution in [0.25, 0.3) is 0 Å². The van der Waals surface area contributed by atoms with E-state index in [1.54, 1.807) is 11.8 Å². The molecule has 0 saturated carbocycles. The molecule has 0 radical (unpaired) electrons. The number of halogens is 1. The van der Waals surface area contributed by atoms with Gasteiger partial charge >= 0.3 is 0 Å². The van der Waals surface area contributed by atoms with Crippen LogP contribution in [-0.2, 0) is 4.79 Å². The topological polar surface area (TPSA) is 41.1 Å². The van der Waals surface area contributed by atoms with Gasteiger partial charge in [-0.1, -0.05) is 13.8 Å². The molecule has 0 aromatic carbocycles. The lowest BCUT2D eigenvalue weighted by Gasteiger charge is -2.34. The van der Waals surface area contributed by atoms with Gasteiger partial charge in [0.15, 0.2) is 0 Å². The normalized spacial score (nSPS) is 25.8. The number of carbonyl (C=O) groups excluding carboxylic acids is 1. The first kappa shape index (κ1) is 17.1. The van der Waals surface area contributed by atoms with Gasteiger partial charge in [0.1, 0.15) is 0 Å². The highest BCUT2D eigenvalue weighted by Gasteiger charge is 2.27. The first-order valence-corrected chi connectivity index (χ1v) is 7.44. The summed E-state index contributed by atoms with van der Waals surface area (Å²) in [5.74, 6) is 1.22. The Hall–Kier alpha value is 0.0700. The third kappa shape index (κ3) is 5.98. The van der Waals surface area contributed by atoms with Crippen LogP contribution in [0.5, 0.6) is 0 Å². The predicted molar refractivity (Wildman–Crippen MR) is 78.0 cm³/mol. The Labute approximate surface area is 115 Å². The average molecular weight is 281 g/mol. The molecule has 1 aliphatic rings. The summed E-state index contributed by atoms with van der Waals surface area (Å²) in [5.41, 5.74) is 0.243. The Balaban J connectivity index is 0.00000256. The van der Waals surface area contributed by atoms with Crippen molar-refractivity contribution in [3.05, 3.63) is 0 Å². The Morgan fingerprint density at radius 3 is 2.82 bits per heavy atom. The minimum Gasteiger partial charge on any atom is -0.355 e. The van der Waals surface area contributed by atoms with Crippen LogP contribution >= 0.6 is 24.2 Å². The van der Waals surface area contributed by atoms with Gasteiger partial charge in [0.2, 0.25) is 5.91 Å². The number of piperidine rings is 1. The fourth-order valence-corrected chi connectivity index (χ4v) is 2.72. The summed E-state index contributed by atoms with van der Waals surface area (Å²) < 4.78 is 0. The monoisotopic (exact) mass is 280 g/mol. The zero-order chi connectivity index (χ0) is 12.0. The van der Waals surface area contributed by atoms with Crippen molar-refractivity contribution in [2.75, 3.05) is 31.6 Å². The van der Waals surface area contributed by atoms with E-state index in [0.717, 1.165) is 25.4 Å². The van der Waals surface area contributed by atoms with Gasteiger partial charge in [-0.25, -0.2) is 0 Å². The van der Waals surface area contributed by atoms with Crippen molar-refractivity contribution in [3.8, 4) is 0 Å². The van der Waals surface area contributed by atoms with E-state index >= 15 is 0 Å². The third-order valence-corrected chi connectivity index (χ3v) is 4.07. The molecule has 2 unspecified atom stereocenters. The highest BCUT2D eigenvalue weighted by Crippen LogP contribution is 2.24. The zero-order valence-corrected chi connectivity index (χ0v) is 12.7. The van der Waals surface area contributed by atoms with Crippen LogP contribution in [0.4, 0.5) is 0 Å². The predicted octanol–water partition coefficient (Wildman–Crippen LogP) is 1.91. The third-order valence-electron chi connectivity index (χ3n) is 3.24. The smallest absolute Gasteiger partial charge is 0.223 e. The van der Waals surface area contributed by atoms with Crippen LogP contribution in [0.1, 0.15) is 26.7 Å². The first-order valence-electron chi connectivity index (χ1n) is 6.05. The molecule has 0 aromatic rings. The van der Waals surface area contributed by atoms with Crippen LogP contribution in [-0.4, -0.2) is 37.6 Å². The van der Waals surface area contributed by atoms with E-state index in [-0.39, 0.29) is 29.6 Å². The van der Waals surface area contributed by atoms with Gasteiger partial charge < -0.3 is 10.6 Å². The number of amides is 1. The average Bonchev–Trinajstić information content (AvgIpc) is 2.27. The fraction of sp³-hybridized carbons (Fsp3) is 0.917. The Bertz CT molecular complexity index is 233. The molecule has 17 heavy (non-hydrogen) atoms. The summed E-state index contributed by atoms with van der Waals surface area (Å²) in [6.45, 7) is 7.18. The van der Waals surface area contributed by atoms with E-state index in [1.165, 1.54) is 12.8 Å². The summed E-state index contributed by atoms with van der Waals surface area (Å²) in [7, 11) is 0. The van der Waals surface area contributed by atoms with Gasteiger partial charge in [0.25, 0.3) is 0 Å². The second-order valence-corrected chi connectivity index (χ2v) is 6.08. The van der Waals surface area contributed by atoms with Crippen LogP contribution in [0, 0.1) is 11.3 Å². The van der Waals surface area contributed by atoms with Gasteiger partial charge in [-0.3, -0.25) is 4.79 Å². The van der Waals surface area contributed by atoms with Crippen LogP contribution < -0.4 is 10.6 Å². The van der Waals surface area contributed by atoms with Gasteiger partial charge in [-0.2, -0.15) is 11.8 Å². The molecule has 102 valence electrons. The van der Waals surface area contributed by atoms with Crippen LogP contribution in [0.2, 0.25) is 0 Å². The van der Waals surface area contributed by atoms with Gasteiger partial charge in [0, 0.05) is 24.8 Å². The van der Waals surface area contributed by atoms with Crippen LogP contribution in [0.15, 0.2) is 0 Å². The van der Waals surface area contributed by atoms with E-state index < -0.39 is 0 Å². The SMILES string of the molecule is CSCC(C)C(=O)NCC1(C)CCCNC1.Cl. The Morgan fingerprint density at radius 1 is 1.59 bits per heavy atom. The molecule has 0 aromatic heterocycles. The summed E-state index contributed by atoms with van der Waals surface area (Å²) in [5, 5.41) is 6.48. The molecule has 2 N–H and O–H groups in total. The molecule has 1 fully saturated rings.